The molecule has 0 atom stereocenters. The van der Waals surface area contributed by atoms with Crippen molar-refractivity contribution in [1.29, 1.82) is 0 Å². The first-order valence-electron chi connectivity index (χ1n) is 6.75. The summed E-state index contributed by atoms with van der Waals surface area (Å²) < 4.78 is 5.05. The van der Waals surface area contributed by atoms with Crippen LogP contribution in [-0.2, 0) is 11.3 Å². The van der Waals surface area contributed by atoms with Gasteiger partial charge in [0.1, 0.15) is 0 Å². The van der Waals surface area contributed by atoms with Crippen LogP contribution in [0.2, 0.25) is 0 Å². The maximum absolute atomic E-state index is 11.9. The maximum Gasteiger partial charge on any atom is 0.251 e. The fourth-order valence-corrected chi connectivity index (χ4v) is 1.86. The molecule has 0 spiro atoms. The van der Waals surface area contributed by atoms with Gasteiger partial charge < -0.3 is 15.2 Å². The lowest BCUT2D eigenvalue weighted by atomic mass is 10.1. The van der Waals surface area contributed by atoms with E-state index in [2.05, 4.69) is 5.32 Å². The lowest BCUT2D eigenvalue weighted by Crippen LogP contribution is -2.24. The van der Waals surface area contributed by atoms with E-state index in [9.17, 15) is 4.79 Å². The molecule has 0 saturated carbocycles. The number of aliphatic hydroxyl groups excluding tert-OH is 1. The molecule has 1 rings (SSSR count). The molecule has 0 saturated heterocycles. The number of aliphatic hydroxyl groups is 1. The zero-order chi connectivity index (χ0) is 13.9. The second kappa shape index (κ2) is 9.53. The topological polar surface area (TPSA) is 58.6 Å². The first-order valence-corrected chi connectivity index (χ1v) is 6.75. The highest BCUT2D eigenvalue weighted by Crippen LogP contribution is 2.06. The van der Waals surface area contributed by atoms with Gasteiger partial charge in [-0.3, -0.25) is 4.79 Å². The smallest absolute Gasteiger partial charge is 0.251 e. The average Bonchev–Trinajstić information content (AvgIpc) is 2.43. The molecule has 0 aliphatic rings. The number of carbonyl (C=O) groups excluding carboxylic acids is 1. The predicted molar refractivity (Wildman–Crippen MR) is 75.0 cm³/mol. The minimum atomic E-state index is -0.0416. The number of ether oxygens (including phenoxy) is 1. The largest absolute Gasteiger partial charge is 0.396 e. The van der Waals surface area contributed by atoms with Gasteiger partial charge in [-0.15, -0.1) is 0 Å². The third-order valence-corrected chi connectivity index (χ3v) is 2.87. The summed E-state index contributed by atoms with van der Waals surface area (Å²) in [7, 11) is 1.64. The molecule has 4 nitrogen and oxygen atoms in total. The van der Waals surface area contributed by atoms with Crippen molar-refractivity contribution in [2.75, 3.05) is 20.3 Å². The Labute approximate surface area is 114 Å². The van der Waals surface area contributed by atoms with Crippen LogP contribution in [0.1, 0.15) is 41.6 Å². The van der Waals surface area contributed by atoms with E-state index in [1.54, 1.807) is 13.2 Å². The minimum Gasteiger partial charge on any atom is -0.396 e. The summed E-state index contributed by atoms with van der Waals surface area (Å²) in [5, 5.41) is 11.6. The molecular weight excluding hydrogens is 242 g/mol. The summed E-state index contributed by atoms with van der Waals surface area (Å²) in [6, 6.07) is 7.46. The summed E-state index contributed by atoms with van der Waals surface area (Å²) in [6.07, 6.45) is 3.83. The van der Waals surface area contributed by atoms with E-state index in [1.807, 2.05) is 18.2 Å². The van der Waals surface area contributed by atoms with Crippen LogP contribution in [-0.4, -0.2) is 31.3 Å². The molecule has 0 unspecified atom stereocenters. The van der Waals surface area contributed by atoms with Crippen LogP contribution in [0.5, 0.6) is 0 Å². The van der Waals surface area contributed by atoms with Crippen molar-refractivity contribution in [2.45, 2.75) is 32.3 Å². The fraction of sp³-hybridized carbons (Fsp3) is 0.533. The quantitative estimate of drug-likeness (QED) is 0.672. The van der Waals surface area contributed by atoms with Crippen LogP contribution < -0.4 is 5.32 Å². The molecule has 1 aromatic rings. The van der Waals surface area contributed by atoms with E-state index in [0.29, 0.717) is 18.7 Å². The molecule has 19 heavy (non-hydrogen) atoms. The van der Waals surface area contributed by atoms with Gasteiger partial charge in [-0.25, -0.2) is 0 Å². The van der Waals surface area contributed by atoms with E-state index >= 15 is 0 Å². The molecule has 0 aromatic heterocycles. The van der Waals surface area contributed by atoms with Gasteiger partial charge in [0.15, 0.2) is 0 Å². The highest BCUT2D eigenvalue weighted by Gasteiger charge is 2.05. The van der Waals surface area contributed by atoms with Crippen molar-refractivity contribution in [2.24, 2.45) is 0 Å². The molecule has 0 aliphatic carbocycles. The van der Waals surface area contributed by atoms with Crippen LogP contribution in [0, 0.1) is 0 Å². The lowest BCUT2D eigenvalue weighted by molar-refractivity contribution is 0.0952. The summed E-state index contributed by atoms with van der Waals surface area (Å²) in [5.74, 6) is -0.0416. The van der Waals surface area contributed by atoms with Crippen LogP contribution in [0.3, 0.4) is 0 Å². The average molecular weight is 265 g/mol. The summed E-state index contributed by atoms with van der Waals surface area (Å²) in [4.78, 5) is 11.9. The third-order valence-electron chi connectivity index (χ3n) is 2.87. The van der Waals surface area contributed by atoms with E-state index in [-0.39, 0.29) is 12.5 Å². The van der Waals surface area contributed by atoms with Gasteiger partial charge >= 0.3 is 0 Å². The van der Waals surface area contributed by atoms with Crippen molar-refractivity contribution in [3.8, 4) is 0 Å². The number of rotatable bonds is 9. The first-order chi connectivity index (χ1) is 9.27. The van der Waals surface area contributed by atoms with Crippen molar-refractivity contribution in [3.63, 3.8) is 0 Å². The Morgan fingerprint density at radius 1 is 1.26 bits per heavy atom. The van der Waals surface area contributed by atoms with Crippen molar-refractivity contribution in [3.05, 3.63) is 35.4 Å². The van der Waals surface area contributed by atoms with E-state index < -0.39 is 0 Å². The number of carbonyl (C=O) groups is 1. The third kappa shape index (κ3) is 6.36. The summed E-state index contributed by atoms with van der Waals surface area (Å²) in [6.45, 7) is 1.44. The summed E-state index contributed by atoms with van der Waals surface area (Å²) >= 11 is 0. The maximum atomic E-state index is 11.9. The second-order valence-electron chi connectivity index (χ2n) is 4.53. The number of hydrogen-bond acceptors (Lipinski definition) is 3. The molecule has 0 heterocycles. The Kier molecular flexibility index (Phi) is 7.86. The standard InChI is InChI=1S/C15H23NO3/c1-19-12-13-7-6-8-14(11-13)15(18)16-9-4-2-3-5-10-17/h6-8,11,17H,2-5,9-10,12H2,1H3,(H,16,18). The number of nitrogens with one attached hydrogen (secondary N) is 1. The van der Waals surface area contributed by atoms with Gasteiger partial charge in [0.25, 0.3) is 5.91 Å². The number of benzene rings is 1. The van der Waals surface area contributed by atoms with Gasteiger partial charge in [0.05, 0.1) is 6.61 Å². The fourth-order valence-electron chi connectivity index (χ4n) is 1.86. The molecule has 1 amide bonds. The lowest BCUT2D eigenvalue weighted by Gasteiger charge is -2.06. The van der Waals surface area contributed by atoms with Crippen LogP contribution in [0.25, 0.3) is 0 Å². The molecular formula is C15H23NO3. The van der Waals surface area contributed by atoms with Crippen LogP contribution in [0.4, 0.5) is 0 Å². The Morgan fingerprint density at radius 3 is 2.79 bits per heavy atom. The molecule has 106 valence electrons. The minimum absolute atomic E-state index is 0.0416. The van der Waals surface area contributed by atoms with E-state index in [1.165, 1.54) is 0 Å². The molecule has 0 radical (unpaired) electrons. The Morgan fingerprint density at radius 2 is 2.05 bits per heavy atom. The SMILES string of the molecule is COCc1cccc(C(=O)NCCCCCCO)c1. The van der Waals surface area contributed by atoms with Gasteiger partial charge in [0.2, 0.25) is 0 Å². The summed E-state index contributed by atoms with van der Waals surface area (Å²) in [5.41, 5.74) is 1.67. The Hall–Kier alpha value is -1.39. The second-order valence-corrected chi connectivity index (χ2v) is 4.53. The van der Waals surface area contributed by atoms with Gasteiger partial charge in [0, 0.05) is 25.8 Å². The van der Waals surface area contributed by atoms with Gasteiger partial charge in [-0.2, -0.15) is 0 Å². The van der Waals surface area contributed by atoms with Crippen LogP contribution in [0.15, 0.2) is 24.3 Å². The number of amides is 1. The van der Waals surface area contributed by atoms with Gasteiger partial charge in [-0.1, -0.05) is 25.0 Å². The zero-order valence-electron chi connectivity index (χ0n) is 11.5. The van der Waals surface area contributed by atoms with Gasteiger partial charge in [-0.05, 0) is 30.5 Å². The van der Waals surface area contributed by atoms with E-state index in [0.717, 1.165) is 31.2 Å². The zero-order valence-corrected chi connectivity index (χ0v) is 11.5. The highest BCUT2D eigenvalue weighted by atomic mass is 16.5. The predicted octanol–water partition coefficient (Wildman–Crippen LogP) is 2.12. The highest BCUT2D eigenvalue weighted by molar-refractivity contribution is 5.94. The molecule has 0 aliphatic heterocycles. The molecule has 0 fully saturated rings. The molecule has 0 bridgehead atoms. The first kappa shape index (κ1) is 15.7. The van der Waals surface area contributed by atoms with Crippen molar-refractivity contribution < 1.29 is 14.6 Å². The van der Waals surface area contributed by atoms with Crippen molar-refractivity contribution in [1.82, 2.24) is 5.32 Å². The normalized spacial score (nSPS) is 10.4. The Balaban J connectivity index is 2.30. The monoisotopic (exact) mass is 265 g/mol. The van der Waals surface area contributed by atoms with E-state index in [4.69, 9.17) is 9.84 Å². The molecule has 4 heteroatoms. The number of unbranched alkanes of at least 4 members (excludes halogenated alkanes) is 3. The number of hydrogen-bond donors (Lipinski definition) is 2. The molecule has 1 aromatic carbocycles. The van der Waals surface area contributed by atoms with Crippen molar-refractivity contribution >= 4 is 5.91 Å². The Bertz CT molecular complexity index is 379. The molecule has 2 N–H and O–H groups in total. The number of methoxy groups -OCH3 is 1. The van der Waals surface area contributed by atoms with Crippen LogP contribution >= 0.6 is 0 Å².